The number of benzene rings is 1. The maximum absolute atomic E-state index is 10.9. The molecule has 0 aliphatic heterocycles. The maximum Gasteiger partial charge on any atom is 0.229 e. The largest absolute Gasteiger partial charge is 0.281 e. The van der Waals surface area contributed by atoms with Crippen molar-refractivity contribution >= 4 is 52.8 Å². The van der Waals surface area contributed by atoms with Crippen LogP contribution in [-0.4, -0.2) is 9.39 Å². The van der Waals surface area contributed by atoms with Gasteiger partial charge in [0.1, 0.15) is 0 Å². The van der Waals surface area contributed by atoms with Gasteiger partial charge in [0.05, 0.1) is 5.02 Å². The fraction of sp³-hybridized carbons (Fsp3) is 0. The number of carbonyl (C=O) groups is 2. The average Bonchev–Trinajstić information content (AvgIpc) is 2.03. The van der Waals surface area contributed by atoms with E-state index in [1.807, 2.05) is 0 Å². The van der Waals surface area contributed by atoms with Crippen LogP contribution in [0.2, 0.25) is 5.02 Å². The van der Waals surface area contributed by atoms with E-state index < -0.39 is 0 Å². The molecule has 0 aromatic heterocycles. The molecule has 0 amide bonds. The summed E-state index contributed by atoms with van der Waals surface area (Å²) in [7, 11) is 0. The zero-order chi connectivity index (χ0) is 10.0. The van der Waals surface area contributed by atoms with Gasteiger partial charge in [-0.3, -0.25) is 9.59 Å². The maximum atomic E-state index is 10.9. The van der Waals surface area contributed by atoms with Gasteiger partial charge in [-0.25, -0.2) is 0 Å². The summed E-state index contributed by atoms with van der Waals surface area (Å²) in [6.45, 7) is 0. The first-order valence-electron chi connectivity index (χ1n) is 3.21. The molecule has 1 rings (SSSR count). The molecule has 68 valence electrons. The molecule has 2 nitrogen and oxygen atoms in total. The lowest BCUT2D eigenvalue weighted by Gasteiger charge is -1.99. The Bertz CT molecular complexity index is 376. The lowest BCUT2D eigenvalue weighted by Crippen LogP contribution is -1.93. The quantitative estimate of drug-likeness (QED) is 0.781. The number of hydrogen-bond acceptors (Lipinski definition) is 2. The normalized spacial score (nSPS) is 9.77. The summed E-state index contributed by atoms with van der Waals surface area (Å²) in [4.78, 5) is 21.7. The predicted molar refractivity (Wildman–Crippen MR) is 58.0 cm³/mol. The van der Waals surface area contributed by atoms with E-state index in [2.05, 4.69) is 31.9 Å². The fourth-order valence-electron chi connectivity index (χ4n) is 0.797. The molecule has 0 spiro atoms. The first-order chi connectivity index (χ1) is 6.02. The Kier molecular flexibility index (Phi) is 3.64. The topological polar surface area (TPSA) is 34.1 Å². The van der Waals surface area contributed by atoms with Crippen molar-refractivity contribution in [3.05, 3.63) is 34.3 Å². The second-order valence-corrected chi connectivity index (χ2v) is 4.09. The standard InChI is InChI=1S/C8H3Br2ClO2/c9-7(12)4-1-2-5(8(10)13)6(11)3-4/h1-3H. The van der Waals surface area contributed by atoms with Gasteiger partial charge in [0, 0.05) is 11.1 Å². The van der Waals surface area contributed by atoms with Crippen LogP contribution >= 0.6 is 43.5 Å². The third kappa shape index (κ3) is 2.62. The molecular weight excluding hydrogens is 323 g/mol. The van der Waals surface area contributed by atoms with Gasteiger partial charge in [-0.15, -0.1) is 0 Å². The Morgan fingerprint density at radius 1 is 1.15 bits per heavy atom. The minimum absolute atomic E-state index is 0.257. The van der Waals surface area contributed by atoms with Crippen LogP contribution in [0.4, 0.5) is 0 Å². The van der Waals surface area contributed by atoms with Gasteiger partial charge in [-0.1, -0.05) is 11.6 Å². The highest BCUT2D eigenvalue weighted by molar-refractivity contribution is 9.18. The molecule has 13 heavy (non-hydrogen) atoms. The number of halogens is 3. The highest BCUT2D eigenvalue weighted by Crippen LogP contribution is 2.21. The van der Waals surface area contributed by atoms with E-state index in [4.69, 9.17) is 11.6 Å². The highest BCUT2D eigenvalue weighted by atomic mass is 79.9. The second-order valence-electron chi connectivity index (χ2n) is 2.24. The summed E-state index contributed by atoms with van der Waals surface area (Å²) in [6, 6.07) is 4.46. The van der Waals surface area contributed by atoms with Gasteiger partial charge in [0.2, 0.25) is 9.39 Å². The van der Waals surface area contributed by atoms with Crippen LogP contribution < -0.4 is 0 Å². The molecule has 0 aliphatic rings. The molecule has 1 aromatic carbocycles. The van der Waals surface area contributed by atoms with Crippen molar-refractivity contribution in [3.8, 4) is 0 Å². The van der Waals surface area contributed by atoms with Crippen LogP contribution in [0.25, 0.3) is 0 Å². The Hall–Kier alpha value is -0.190. The minimum Gasteiger partial charge on any atom is -0.281 e. The summed E-state index contributed by atoms with van der Waals surface area (Å²) in [5.74, 6) is 0. The van der Waals surface area contributed by atoms with Crippen LogP contribution in [-0.2, 0) is 0 Å². The van der Waals surface area contributed by atoms with Crippen LogP contribution in [0.1, 0.15) is 20.7 Å². The lowest BCUT2D eigenvalue weighted by atomic mass is 10.2. The molecule has 0 radical (unpaired) electrons. The number of hydrogen-bond donors (Lipinski definition) is 0. The summed E-state index contributed by atoms with van der Waals surface area (Å²) in [5.41, 5.74) is 0.765. The molecule has 0 fully saturated rings. The van der Waals surface area contributed by atoms with Gasteiger partial charge in [-0.2, -0.15) is 0 Å². The Labute approximate surface area is 96.5 Å². The Balaban J connectivity index is 3.20. The third-order valence-corrected chi connectivity index (χ3v) is 2.61. The predicted octanol–water partition coefficient (Wildman–Crippen LogP) is 3.41. The molecule has 5 heteroatoms. The van der Waals surface area contributed by atoms with E-state index in [1.54, 1.807) is 0 Å². The van der Waals surface area contributed by atoms with Gasteiger partial charge in [0.25, 0.3) is 0 Å². The molecule has 0 atom stereocenters. The zero-order valence-corrected chi connectivity index (χ0v) is 10.1. The van der Waals surface area contributed by atoms with E-state index in [-0.39, 0.29) is 14.4 Å². The minimum atomic E-state index is -0.300. The van der Waals surface area contributed by atoms with Crippen molar-refractivity contribution in [2.24, 2.45) is 0 Å². The van der Waals surface area contributed by atoms with Crippen LogP contribution in [0.3, 0.4) is 0 Å². The zero-order valence-electron chi connectivity index (χ0n) is 6.18. The molecule has 0 bridgehead atoms. The highest BCUT2D eigenvalue weighted by Gasteiger charge is 2.09. The van der Waals surface area contributed by atoms with Gasteiger partial charge >= 0.3 is 0 Å². The van der Waals surface area contributed by atoms with Gasteiger partial charge in [0.15, 0.2) is 0 Å². The van der Waals surface area contributed by atoms with Crippen molar-refractivity contribution in [3.63, 3.8) is 0 Å². The first-order valence-corrected chi connectivity index (χ1v) is 5.18. The Morgan fingerprint density at radius 3 is 2.15 bits per heavy atom. The summed E-state index contributed by atoms with van der Waals surface area (Å²) in [5, 5.41) is 0.257. The fourth-order valence-corrected chi connectivity index (χ4v) is 1.77. The monoisotopic (exact) mass is 324 g/mol. The van der Waals surface area contributed by atoms with Crippen molar-refractivity contribution < 1.29 is 9.59 Å². The summed E-state index contributed by atoms with van der Waals surface area (Å²) < 4.78 is -0.561. The van der Waals surface area contributed by atoms with Crippen molar-refractivity contribution in [2.75, 3.05) is 0 Å². The van der Waals surface area contributed by atoms with E-state index in [1.165, 1.54) is 18.2 Å². The van der Waals surface area contributed by atoms with Crippen molar-refractivity contribution in [1.82, 2.24) is 0 Å². The summed E-state index contributed by atoms with van der Waals surface area (Å²) >= 11 is 11.3. The van der Waals surface area contributed by atoms with E-state index >= 15 is 0 Å². The SMILES string of the molecule is O=C(Br)c1ccc(C(=O)Br)c(Cl)c1. The first kappa shape index (κ1) is 10.9. The molecular formula is C8H3Br2ClO2. The summed E-state index contributed by atoms with van der Waals surface area (Å²) in [6.07, 6.45) is 0. The second kappa shape index (κ2) is 4.35. The van der Waals surface area contributed by atoms with Gasteiger partial charge in [-0.05, 0) is 50.1 Å². The molecule has 0 unspecified atom stereocenters. The average molecular weight is 326 g/mol. The smallest absolute Gasteiger partial charge is 0.229 e. The lowest BCUT2D eigenvalue weighted by molar-refractivity contribution is 0.108. The molecule has 0 heterocycles. The molecule has 0 aliphatic carbocycles. The molecule has 0 saturated heterocycles. The van der Waals surface area contributed by atoms with Crippen molar-refractivity contribution in [2.45, 2.75) is 0 Å². The number of carbonyl (C=O) groups excluding carboxylic acids is 2. The van der Waals surface area contributed by atoms with Crippen LogP contribution in [0.5, 0.6) is 0 Å². The molecule has 1 aromatic rings. The van der Waals surface area contributed by atoms with E-state index in [9.17, 15) is 9.59 Å². The van der Waals surface area contributed by atoms with E-state index in [0.717, 1.165) is 0 Å². The number of rotatable bonds is 2. The Morgan fingerprint density at radius 2 is 1.77 bits per heavy atom. The van der Waals surface area contributed by atoms with Crippen molar-refractivity contribution in [1.29, 1.82) is 0 Å². The van der Waals surface area contributed by atoms with Crippen LogP contribution in [0.15, 0.2) is 18.2 Å². The third-order valence-electron chi connectivity index (χ3n) is 1.41. The van der Waals surface area contributed by atoms with Gasteiger partial charge < -0.3 is 0 Å². The molecule has 0 N–H and O–H groups in total. The molecule has 0 saturated carbocycles. The van der Waals surface area contributed by atoms with E-state index in [0.29, 0.717) is 11.1 Å². The van der Waals surface area contributed by atoms with Crippen LogP contribution in [0, 0.1) is 0 Å².